The van der Waals surface area contributed by atoms with E-state index in [9.17, 15) is 0 Å². The quantitative estimate of drug-likeness (QED) is 0.611. The van der Waals surface area contributed by atoms with Crippen molar-refractivity contribution >= 4 is 22.7 Å². The standard InChI is InChI=1S/C23H26N4OS/c1-17-4-6-20(7-5-17)22-16-29-23(24-3)27(22)25-18(2)19-8-10-21(11-9-19)26-12-14-28-15-13-26/h4-11,16H,12-15H2,1-3H3. The van der Waals surface area contributed by atoms with Crippen molar-refractivity contribution < 1.29 is 4.74 Å². The average molecular weight is 407 g/mol. The first kappa shape index (κ1) is 19.6. The van der Waals surface area contributed by atoms with E-state index in [1.54, 1.807) is 11.3 Å². The number of ether oxygens (including phenoxy) is 1. The minimum Gasteiger partial charge on any atom is -0.378 e. The molecule has 0 spiro atoms. The van der Waals surface area contributed by atoms with E-state index in [0.29, 0.717) is 0 Å². The van der Waals surface area contributed by atoms with Crippen LogP contribution in [-0.2, 0) is 4.74 Å². The molecular formula is C23H26N4OS. The molecule has 4 rings (SSSR count). The predicted octanol–water partition coefficient (Wildman–Crippen LogP) is 4.16. The molecule has 0 aliphatic carbocycles. The Morgan fingerprint density at radius 3 is 2.34 bits per heavy atom. The molecule has 0 unspecified atom stereocenters. The Hall–Kier alpha value is -2.70. The first-order valence-electron chi connectivity index (χ1n) is 9.85. The molecule has 1 aliphatic rings. The van der Waals surface area contributed by atoms with Crippen LogP contribution in [0.15, 0.2) is 64.0 Å². The number of thiazole rings is 1. The number of nitrogens with zero attached hydrogens (tertiary/aromatic N) is 4. The maximum Gasteiger partial charge on any atom is 0.205 e. The van der Waals surface area contributed by atoms with Gasteiger partial charge >= 0.3 is 0 Å². The zero-order chi connectivity index (χ0) is 20.2. The first-order valence-corrected chi connectivity index (χ1v) is 10.7. The second kappa shape index (κ2) is 8.76. The van der Waals surface area contributed by atoms with Gasteiger partial charge in [-0.3, -0.25) is 4.99 Å². The van der Waals surface area contributed by atoms with Crippen molar-refractivity contribution in [2.75, 3.05) is 38.3 Å². The van der Waals surface area contributed by atoms with E-state index in [1.165, 1.54) is 11.3 Å². The number of rotatable bonds is 4. The van der Waals surface area contributed by atoms with Crippen LogP contribution in [0.5, 0.6) is 0 Å². The number of aromatic nitrogens is 1. The molecular weight excluding hydrogens is 380 g/mol. The highest BCUT2D eigenvalue weighted by molar-refractivity contribution is 7.07. The lowest BCUT2D eigenvalue weighted by Crippen LogP contribution is -2.36. The third-order valence-electron chi connectivity index (χ3n) is 5.14. The Labute approximate surface area is 175 Å². The van der Waals surface area contributed by atoms with Crippen molar-refractivity contribution in [2.24, 2.45) is 10.1 Å². The highest BCUT2D eigenvalue weighted by Crippen LogP contribution is 2.22. The Kier molecular flexibility index (Phi) is 5.92. The fourth-order valence-electron chi connectivity index (χ4n) is 3.41. The Bertz CT molecular complexity index is 1060. The SMILES string of the molecule is CN=c1scc(-c2ccc(C)cc2)n1N=C(C)c1ccc(N2CCOCC2)cc1. The third-order valence-corrected chi connectivity index (χ3v) is 6.04. The van der Waals surface area contributed by atoms with Gasteiger partial charge in [0.25, 0.3) is 0 Å². The van der Waals surface area contributed by atoms with Gasteiger partial charge in [-0.15, -0.1) is 11.3 Å². The molecule has 0 radical (unpaired) electrons. The van der Waals surface area contributed by atoms with Gasteiger partial charge in [-0.25, -0.2) is 4.68 Å². The van der Waals surface area contributed by atoms with Gasteiger partial charge in [0, 0.05) is 36.8 Å². The van der Waals surface area contributed by atoms with E-state index < -0.39 is 0 Å². The molecule has 0 N–H and O–H groups in total. The van der Waals surface area contributed by atoms with Gasteiger partial charge in [0.1, 0.15) is 0 Å². The summed E-state index contributed by atoms with van der Waals surface area (Å²) in [4.78, 5) is 7.65. The van der Waals surface area contributed by atoms with Gasteiger partial charge in [0.15, 0.2) is 0 Å². The summed E-state index contributed by atoms with van der Waals surface area (Å²) < 4.78 is 7.39. The van der Waals surface area contributed by atoms with Crippen molar-refractivity contribution in [1.29, 1.82) is 0 Å². The van der Waals surface area contributed by atoms with Crippen LogP contribution in [-0.4, -0.2) is 43.7 Å². The number of anilines is 1. The summed E-state index contributed by atoms with van der Waals surface area (Å²) in [6, 6.07) is 17.1. The molecule has 0 amide bonds. The molecule has 1 aliphatic heterocycles. The topological polar surface area (TPSA) is 42.1 Å². The summed E-state index contributed by atoms with van der Waals surface area (Å²) in [6.45, 7) is 7.62. The number of hydrogen-bond donors (Lipinski definition) is 0. The van der Waals surface area contributed by atoms with Crippen LogP contribution >= 0.6 is 11.3 Å². The monoisotopic (exact) mass is 406 g/mol. The molecule has 0 saturated carbocycles. The Balaban J connectivity index is 1.65. The van der Waals surface area contributed by atoms with Crippen LogP contribution in [0.4, 0.5) is 5.69 Å². The molecule has 2 aromatic carbocycles. The summed E-state index contributed by atoms with van der Waals surface area (Å²) >= 11 is 1.60. The molecule has 3 aromatic rings. The van der Waals surface area contributed by atoms with Crippen LogP contribution in [0.3, 0.4) is 0 Å². The van der Waals surface area contributed by atoms with E-state index in [1.807, 2.05) is 18.6 Å². The second-order valence-corrected chi connectivity index (χ2v) is 7.97. The van der Waals surface area contributed by atoms with Gasteiger partial charge in [-0.2, -0.15) is 5.10 Å². The zero-order valence-corrected chi connectivity index (χ0v) is 17.9. The summed E-state index contributed by atoms with van der Waals surface area (Å²) in [5, 5.41) is 7.03. The molecule has 150 valence electrons. The van der Waals surface area contributed by atoms with E-state index in [0.717, 1.165) is 53.6 Å². The zero-order valence-electron chi connectivity index (χ0n) is 17.1. The predicted molar refractivity (Wildman–Crippen MR) is 121 cm³/mol. The van der Waals surface area contributed by atoms with Gasteiger partial charge in [0.05, 0.1) is 24.6 Å². The Morgan fingerprint density at radius 1 is 1.00 bits per heavy atom. The van der Waals surface area contributed by atoms with Gasteiger partial charge < -0.3 is 9.64 Å². The maximum atomic E-state index is 5.45. The molecule has 0 bridgehead atoms. The summed E-state index contributed by atoms with van der Waals surface area (Å²) in [5.41, 5.74) is 6.74. The van der Waals surface area contributed by atoms with E-state index >= 15 is 0 Å². The van der Waals surface area contributed by atoms with Crippen LogP contribution in [0.25, 0.3) is 11.3 Å². The summed E-state index contributed by atoms with van der Waals surface area (Å²) in [6.07, 6.45) is 0. The molecule has 6 heteroatoms. The van der Waals surface area contributed by atoms with Crippen LogP contribution in [0.2, 0.25) is 0 Å². The highest BCUT2D eigenvalue weighted by Gasteiger charge is 2.12. The minimum atomic E-state index is 0.794. The molecule has 2 heterocycles. The van der Waals surface area contributed by atoms with Crippen molar-refractivity contribution in [2.45, 2.75) is 13.8 Å². The van der Waals surface area contributed by atoms with Crippen molar-refractivity contribution in [3.8, 4) is 11.3 Å². The highest BCUT2D eigenvalue weighted by atomic mass is 32.1. The molecule has 1 fully saturated rings. The summed E-state index contributed by atoms with van der Waals surface area (Å²) in [7, 11) is 1.81. The fourth-order valence-corrected chi connectivity index (χ4v) is 4.21. The van der Waals surface area contributed by atoms with Gasteiger partial charge in [-0.1, -0.05) is 42.0 Å². The smallest absolute Gasteiger partial charge is 0.205 e. The number of aryl methyl sites for hydroxylation is 1. The second-order valence-electron chi connectivity index (χ2n) is 7.14. The van der Waals surface area contributed by atoms with Gasteiger partial charge in [-0.05, 0) is 31.5 Å². The molecule has 1 saturated heterocycles. The number of morpholine rings is 1. The van der Waals surface area contributed by atoms with Crippen LogP contribution < -0.4 is 9.70 Å². The minimum absolute atomic E-state index is 0.794. The lowest BCUT2D eigenvalue weighted by Gasteiger charge is -2.28. The molecule has 5 nitrogen and oxygen atoms in total. The molecule has 1 aromatic heterocycles. The normalized spacial score (nSPS) is 15.8. The molecule has 0 atom stereocenters. The fraction of sp³-hybridized carbons (Fsp3) is 0.304. The summed E-state index contributed by atoms with van der Waals surface area (Å²) in [5.74, 6) is 0. The van der Waals surface area contributed by atoms with Crippen molar-refractivity contribution in [3.05, 3.63) is 69.8 Å². The Morgan fingerprint density at radius 2 is 1.69 bits per heavy atom. The lowest BCUT2D eigenvalue weighted by molar-refractivity contribution is 0.122. The van der Waals surface area contributed by atoms with Crippen LogP contribution in [0, 0.1) is 6.92 Å². The van der Waals surface area contributed by atoms with E-state index in [2.05, 4.69) is 70.7 Å². The molecule has 29 heavy (non-hydrogen) atoms. The lowest BCUT2D eigenvalue weighted by atomic mass is 10.1. The van der Waals surface area contributed by atoms with E-state index in [4.69, 9.17) is 9.84 Å². The van der Waals surface area contributed by atoms with Gasteiger partial charge in [0.2, 0.25) is 4.80 Å². The average Bonchev–Trinajstić information content (AvgIpc) is 3.17. The van der Waals surface area contributed by atoms with E-state index in [-0.39, 0.29) is 0 Å². The number of benzene rings is 2. The first-order chi connectivity index (χ1) is 14.2. The van der Waals surface area contributed by atoms with Crippen molar-refractivity contribution in [1.82, 2.24) is 4.68 Å². The largest absolute Gasteiger partial charge is 0.378 e. The van der Waals surface area contributed by atoms with Crippen molar-refractivity contribution in [3.63, 3.8) is 0 Å². The third kappa shape index (κ3) is 4.33. The maximum absolute atomic E-state index is 5.45. The van der Waals surface area contributed by atoms with Crippen LogP contribution in [0.1, 0.15) is 18.1 Å². The number of hydrogen-bond acceptors (Lipinski definition) is 5.